The molecule has 3 aromatic rings. The molecule has 1 aromatic heterocycles. The van der Waals surface area contributed by atoms with Gasteiger partial charge >= 0.3 is 0 Å². The van der Waals surface area contributed by atoms with Gasteiger partial charge in [-0.2, -0.15) is 4.98 Å². The van der Waals surface area contributed by atoms with Crippen LogP contribution in [-0.4, -0.2) is 25.6 Å². The number of primary amides is 1. The molecule has 3 N–H and O–H groups in total. The van der Waals surface area contributed by atoms with Crippen molar-refractivity contribution in [3.8, 4) is 11.4 Å². The number of carbonyl (C=O) groups is 1. The zero-order valence-corrected chi connectivity index (χ0v) is 15.9. The number of benzene rings is 2. The maximum absolute atomic E-state index is 12.2. The van der Waals surface area contributed by atoms with Gasteiger partial charge in [0.2, 0.25) is 11.9 Å². The molecule has 0 bridgehead atoms. The van der Waals surface area contributed by atoms with Gasteiger partial charge < -0.3 is 11.1 Å². The summed E-state index contributed by atoms with van der Waals surface area (Å²) in [6, 6.07) is 12.3. The van der Waals surface area contributed by atoms with Gasteiger partial charge in [-0.05, 0) is 25.1 Å². The number of fused-ring (bicyclic) bond motifs is 1. The van der Waals surface area contributed by atoms with Crippen LogP contribution in [0.2, 0.25) is 5.02 Å². The fourth-order valence-corrected chi connectivity index (χ4v) is 3.62. The highest BCUT2D eigenvalue weighted by molar-refractivity contribution is 6.33. The van der Waals surface area contributed by atoms with Crippen LogP contribution in [0.4, 0.5) is 11.6 Å². The number of carbonyl (C=O) groups excluding carboxylic acids is 1. The van der Waals surface area contributed by atoms with Crippen LogP contribution in [0.3, 0.4) is 0 Å². The first-order valence-corrected chi connectivity index (χ1v) is 8.98. The smallest absolute Gasteiger partial charge is 0.275 e. The minimum atomic E-state index is -0.908. The number of allylic oxidation sites excluding steroid dienone is 1. The molecule has 4 rings (SSSR count). The molecule has 1 atom stereocenters. The summed E-state index contributed by atoms with van der Waals surface area (Å²) in [6.45, 7) is 1.66. The van der Waals surface area contributed by atoms with E-state index in [4.69, 9.17) is 17.3 Å². The van der Waals surface area contributed by atoms with Gasteiger partial charge in [-0.1, -0.05) is 35.9 Å². The summed E-state index contributed by atoms with van der Waals surface area (Å²) in [7, 11) is 0. The molecule has 0 saturated heterocycles. The number of para-hydroxylation sites is 1. The number of nitro benzene ring substituents is 1. The molecular formula is C19H15ClN6O3. The van der Waals surface area contributed by atoms with Gasteiger partial charge in [0, 0.05) is 17.3 Å². The van der Waals surface area contributed by atoms with E-state index in [1.165, 1.54) is 10.7 Å². The van der Waals surface area contributed by atoms with Crippen molar-refractivity contribution in [3.63, 3.8) is 0 Å². The van der Waals surface area contributed by atoms with Crippen molar-refractivity contribution >= 4 is 29.1 Å². The fourth-order valence-electron chi connectivity index (χ4n) is 3.40. The van der Waals surface area contributed by atoms with Gasteiger partial charge in [-0.25, -0.2) is 4.68 Å². The molecule has 9 nitrogen and oxygen atoms in total. The van der Waals surface area contributed by atoms with Gasteiger partial charge in [0.05, 0.1) is 21.1 Å². The van der Waals surface area contributed by atoms with Crippen LogP contribution in [0.15, 0.2) is 59.8 Å². The zero-order chi connectivity index (χ0) is 20.7. The lowest BCUT2D eigenvalue weighted by atomic mass is 9.94. The molecular weight excluding hydrogens is 396 g/mol. The Labute approximate surface area is 170 Å². The highest BCUT2D eigenvalue weighted by Crippen LogP contribution is 2.39. The van der Waals surface area contributed by atoms with Crippen molar-refractivity contribution < 1.29 is 9.72 Å². The number of nitrogens with two attached hydrogens (primary N) is 1. The van der Waals surface area contributed by atoms with Crippen LogP contribution in [0.5, 0.6) is 0 Å². The summed E-state index contributed by atoms with van der Waals surface area (Å²) in [5.41, 5.74) is 6.97. The second kappa shape index (κ2) is 7.02. The van der Waals surface area contributed by atoms with Crippen molar-refractivity contribution in [1.29, 1.82) is 0 Å². The van der Waals surface area contributed by atoms with Crippen LogP contribution in [0.25, 0.3) is 11.4 Å². The Balaban J connectivity index is 1.96. The van der Waals surface area contributed by atoms with Gasteiger partial charge in [-0.3, -0.25) is 14.9 Å². The first kappa shape index (κ1) is 18.6. The third-order valence-electron chi connectivity index (χ3n) is 4.66. The van der Waals surface area contributed by atoms with Crippen LogP contribution in [-0.2, 0) is 4.79 Å². The largest absolute Gasteiger partial charge is 0.366 e. The summed E-state index contributed by atoms with van der Waals surface area (Å²) in [4.78, 5) is 27.8. The average Bonchev–Trinajstić information content (AvgIpc) is 3.10. The van der Waals surface area contributed by atoms with E-state index in [1.54, 1.807) is 49.4 Å². The van der Waals surface area contributed by atoms with Crippen molar-refractivity contribution in [2.24, 2.45) is 5.73 Å². The third kappa shape index (κ3) is 3.11. The molecule has 10 heteroatoms. The molecule has 1 aliphatic rings. The summed E-state index contributed by atoms with van der Waals surface area (Å²) in [6.07, 6.45) is 0. The highest BCUT2D eigenvalue weighted by atomic mass is 35.5. The molecule has 2 aromatic carbocycles. The fraction of sp³-hybridized carbons (Fsp3) is 0.105. The first-order valence-electron chi connectivity index (χ1n) is 8.61. The van der Waals surface area contributed by atoms with E-state index in [-0.39, 0.29) is 16.8 Å². The molecule has 0 saturated carbocycles. The number of anilines is 1. The maximum Gasteiger partial charge on any atom is 0.275 e. The highest BCUT2D eigenvalue weighted by Gasteiger charge is 2.37. The molecule has 0 aliphatic carbocycles. The van der Waals surface area contributed by atoms with Crippen LogP contribution in [0, 0.1) is 10.1 Å². The summed E-state index contributed by atoms with van der Waals surface area (Å²) < 4.78 is 1.42. The molecule has 0 fully saturated rings. The lowest BCUT2D eigenvalue weighted by Crippen LogP contribution is -2.32. The van der Waals surface area contributed by atoms with E-state index in [0.717, 1.165) is 0 Å². The molecule has 0 spiro atoms. The monoisotopic (exact) mass is 410 g/mol. The van der Waals surface area contributed by atoms with E-state index in [0.29, 0.717) is 28.1 Å². The zero-order valence-electron chi connectivity index (χ0n) is 15.2. The number of nitrogens with one attached hydrogen (secondary N) is 1. The van der Waals surface area contributed by atoms with Gasteiger partial charge in [0.1, 0.15) is 6.04 Å². The normalized spacial score (nSPS) is 15.6. The van der Waals surface area contributed by atoms with Crippen LogP contribution in [0.1, 0.15) is 18.5 Å². The van der Waals surface area contributed by atoms with Gasteiger partial charge in [0.15, 0.2) is 5.82 Å². The van der Waals surface area contributed by atoms with Crippen LogP contribution < -0.4 is 11.1 Å². The second-order valence-electron chi connectivity index (χ2n) is 6.43. The lowest BCUT2D eigenvalue weighted by Gasteiger charge is -2.27. The van der Waals surface area contributed by atoms with Gasteiger partial charge in [0.25, 0.3) is 5.69 Å². The quantitative estimate of drug-likeness (QED) is 0.501. The van der Waals surface area contributed by atoms with Crippen molar-refractivity contribution in [2.75, 3.05) is 5.32 Å². The molecule has 1 aliphatic heterocycles. The van der Waals surface area contributed by atoms with E-state index >= 15 is 0 Å². The second-order valence-corrected chi connectivity index (χ2v) is 6.84. The number of hydrogen-bond donors (Lipinski definition) is 2. The number of rotatable bonds is 4. The van der Waals surface area contributed by atoms with Gasteiger partial charge in [-0.15, -0.1) is 5.10 Å². The van der Waals surface area contributed by atoms with Crippen molar-refractivity contribution in [2.45, 2.75) is 13.0 Å². The minimum Gasteiger partial charge on any atom is -0.366 e. The average molecular weight is 411 g/mol. The SMILES string of the molecule is CC1=C(C(N)=O)[C@H](c2ccccc2[N+](=O)[O-])n2nc(-c3ccccc3Cl)nc2N1. The number of hydrogen-bond acceptors (Lipinski definition) is 6. The molecule has 0 unspecified atom stereocenters. The molecule has 146 valence electrons. The third-order valence-corrected chi connectivity index (χ3v) is 4.99. The molecule has 2 heterocycles. The Kier molecular flexibility index (Phi) is 4.51. The van der Waals surface area contributed by atoms with E-state index in [2.05, 4.69) is 15.4 Å². The first-order chi connectivity index (χ1) is 13.9. The Bertz CT molecular complexity index is 1190. The molecule has 0 radical (unpaired) electrons. The summed E-state index contributed by atoms with van der Waals surface area (Å²) >= 11 is 6.27. The number of nitrogens with zero attached hydrogens (tertiary/aromatic N) is 4. The standard InChI is InChI=1S/C19H15ClN6O3/c1-10-15(17(21)27)16(12-7-3-5-9-14(12)26(28)29)25-19(22-10)23-18(24-25)11-6-2-4-8-13(11)20/h2-9,16H,1H3,(H2,21,27)(H,22,23,24)/t16-/m0/s1. The van der Waals surface area contributed by atoms with Crippen molar-refractivity contribution in [1.82, 2.24) is 14.8 Å². The summed E-state index contributed by atoms with van der Waals surface area (Å²) in [5, 5.41) is 19.6. The predicted octanol–water partition coefficient (Wildman–Crippen LogP) is 3.28. The van der Waals surface area contributed by atoms with Crippen LogP contribution >= 0.6 is 11.6 Å². The Morgan fingerprint density at radius 1 is 1.24 bits per heavy atom. The van der Waals surface area contributed by atoms with E-state index in [1.807, 2.05) is 0 Å². The Morgan fingerprint density at radius 2 is 1.93 bits per heavy atom. The maximum atomic E-state index is 12.2. The summed E-state index contributed by atoms with van der Waals surface area (Å²) in [5.74, 6) is -0.0654. The van der Waals surface area contributed by atoms with E-state index in [9.17, 15) is 14.9 Å². The lowest BCUT2D eigenvalue weighted by molar-refractivity contribution is -0.385. The Hall–Kier alpha value is -3.72. The topological polar surface area (TPSA) is 129 Å². The number of nitro groups is 1. The molecule has 1 amide bonds. The molecule has 29 heavy (non-hydrogen) atoms. The minimum absolute atomic E-state index is 0.147. The number of aromatic nitrogens is 3. The number of amides is 1. The number of halogens is 1. The van der Waals surface area contributed by atoms with Crippen molar-refractivity contribution in [3.05, 3.63) is 80.5 Å². The predicted molar refractivity (Wildman–Crippen MR) is 107 cm³/mol. The Morgan fingerprint density at radius 3 is 2.62 bits per heavy atom. The van der Waals surface area contributed by atoms with E-state index < -0.39 is 16.9 Å².